The number of hydrogen-bond donors (Lipinski definition) is 1. The van der Waals surface area contributed by atoms with Crippen molar-refractivity contribution in [1.82, 2.24) is 29.3 Å². The van der Waals surface area contributed by atoms with Gasteiger partial charge in [0.1, 0.15) is 5.82 Å². The van der Waals surface area contributed by atoms with E-state index in [-0.39, 0.29) is 50.1 Å². The molecule has 0 bridgehead atoms. The standard InChI is InChI=1S/C28H24F4N8O2/c29-19-6-7-20(21(14-19)28(30,31)32)25(42)38-12-9-27(8-11-33,10-13-38)39-16-18(15-34-39)22-2-1-3-23-35-26(37-40(22)23)36-24(41)17-4-5-17/h1-3,6-7,14-17H,4-5,8-10,12-13H2,(H,36,37,41). The molecule has 1 aliphatic heterocycles. The van der Waals surface area contributed by atoms with E-state index in [9.17, 15) is 32.4 Å². The number of halogens is 4. The highest BCUT2D eigenvalue weighted by atomic mass is 19.4. The van der Waals surface area contributed by atoms with Crippen LogP contribution in [0.25, 0.3) is 16.9 Å². The number of rotatable bonds is 6. The number of anilines is 1. The smallest absolute Gasteiger partial charge is 0.338 e. The van der Waals surface area contributed by atoms with E-state index in [2.05, 4.69) is 26.6 Å². The molecule has 0 atom stereocenters. The highest BCUT2D eigenvalue weighted by Crippen LogP contribution is 2.37. The Morgan fingerprint density at radius 1 is 1.14 bits per heavy atom. The maximum absolute atomic E-state index is 13.6. The molecule has 1 saturated carbocycles. The summed E-state index contributed by atoms with van der Waals surface area (Å²) in [7, 11) is 0. The fourth-order valence-electron chi connectivity index (χ4n) is 5.32. The van der Waals surface area contributed by atoms with Gasteiger partial charge in [-0.05, 0) is 56.0 Å². The molecule has 1 aliphatic carbocycles. The fourth-order valence-corrected chi connectivity index (χ4v) is 5.32. The molecule has 0 unspecified atom stereocenters. The molecule has 1 saturated heterocycles. The van der Waals surface area contributed by atoms with Crippen LogP contribution in [-0.2, 0) is 16.5 Å². The van der Waals surface area contributed by atoms with Crippen LogP contribution in [0.4, 0.5) is 23.5 Å². The van der Waals surface area contributed by atoms with Gasteiger partial charge in [-0.25, -0.2) is 8.91 Å². The summed E-state index contributed by atoms with van der Waals surface area (Å²) in [6, 6.07) is 9.55. The molecule has 1 aromatic carbocycles. The Morgan fingerprint density at radius 2 is 1.90 bits per heavy atom. The minimum atomic E-state index is -4.89. The second-order valence-corrected chi connectivity index (χ2v) is 10.6. The van der Waals surface area contributed by atoms with Crippen LogP contribution in [0.2, 0.25) is 0 Å². The molecule has 4 heterocycles. The zero-order valence-corrected chi connectivity index (χ0v) is 22.1. The Labute approximate surface area is 236 Å². The predicted molar refractivity (Wildman–Crippen MR) is 140 cm³/mol. The maximum Gasteiger partial charge on any atom is 0.417 e. The number of nitriles is 1. The van der Waals surface area contributed by atoms with Crippen molar-refractivity contribution >= 4 is 23.4 Å². The molecule has 4 aromatic rings. The summed E-state index contributed by atoms with van der Waals surface area (Å²) in [5.74, 6) is -1.86. The van der Waals surface area contributed by atoms with Crippen LogP contribution in [0.15, 0.2) is 48.8 Å². The van der Waals surface area contributed by atoms with Gasteiger partial charge in [-0.2, -0.15) is 28.5 Å². The first kappa shape index (κ1) is 27.4. The van der Waals surface area contributed by atoms with Gasteiger partial charge >= 0.3 is 6.18 Å². The first-order valence-electron chi connectivity index (χ1n) is 13.3. The lowest BCUT2D eigenvalue weighted by atomic mass is 9.84. The largest absolute Gasteiger partial charge is 0.417 e. The summed E-state index contributed by atoms with van der Waals surface area (Å²) >= 11 is 0. The van der Waals surface area contributed by atoms with E-state index in [1.165, 1.54) is 4.90 Å². The minimum Gasteiger partial charge on any atom is -0.338 e. The molecule has 3 aromatic heterocycles. The molecular formula is C28H24F4N8O2. The number of amides is 2. The van der Waals surface area contributed by atoms with Crippen molar-refractivity contribution in [2.45, 2.75) is 43.8 Å². The van der Waals surface area contributed by atoms with E-state index < -0.39 is 34.6 Å². The second kappa shape index (κ2) is 10.2. The maximum atomic E-state index is 13.6. The van der Waals surface area contributed by atoms with Gasteiger partial charge in [-0.15, -0.1) is 5.10 Å². The zero-order valence-electron chi connectivity index (χ0n) is 22.1. The second-order valence-electron chi connectivity index (χ2n) is 10.6. The fraction of sp³-hybridized carbons (Fsp3) is 0.357. The van der Waals surface area contributed by atoms with Crippen molar-refractivity contribution in [1.29, 1.82) is 5.26 Å². The molecule has 0 spiro atoms. The number of hydrogen-bond acceptors (Lipinski definition) is 6. The number of likely N-dealkylation sites (tertiary alicyclic amines) is 1. The molecule has 6 rings (SSSR count). The van der Waals surface area contributed by atoms with Gasteiger partial charge in [-0.3, -0.25) is 19.6 Å². The van der Waals surface area contributed by atoms with Crippen molar-refractivity contribution < 1.29 is 27.2 Å². The first-order valence-corrected chi connectivity index (χ1v) is 13.3. The monoisotopic (exact) mass is 580 g/mol. The van der Waals surface area contributed by atoms with E-state index >= 15 is 0 Å². The number of benzene rings is 1. The lowest BCUT2D eigenvalue weighted by Gasteiger charge is -2.41. The third-order valence-corrected chi connectivity index (χ3v) is 7.81. The molecule has 216 valence electrons. The van der Waals surface area contributed by atoms with Gasteiger partial charge in [0.15, 0.2) is 5.65 Å². The molecule has 2 fully saturated rings. The molecule has 0 radical (unpaired) electrons. The number of pyridine rings is 1. The molecule has 2 amide bonds. The van der Waals surface area contributed by atoms with E-state index in [4.69, 9.17) is 0 Å². The van der Waals surface area contributed by atoms with Crippen molar-refractivity contribution in [2.75, 3.05) is 18.4 Å². The summed E-state index contributed by atoms with van der Waals surface area (Å²) in [4.78, 5) is 30.9. The Hall–Kier alpha value is -4.80. The van der Waals surface area contributed by atoms with Gasteiger partial charge in [0.05, 0.1) is 41.0 Å². The zero-order chi connectivity index (χ0) is 29.6. The van der Waals surface area contributed by atoms with Crippen LogP contribution < -0.4 is 5.32 Å². The van der Waals surface area contributed by atoms with Gasteiger partial charge in [-0.1, -0.05) is 6.07 Å². The molecule has 1 N–H and O–H groups in total. The van der Waals surface area contributed by atoms with E-state index in [1.54, 1.807) is 33.7 Å². The van der Waals surface area contributed by atoms with Gasteiger partial charge in [0, 0.05) is 30.8 Å². The average Bonchev–Trinajstić information content (AvgIpc) is 3.55. The summed E-state index contributed by atoms with van der Waals surface area (Å²) in [6.45, 7) is 0.153. The van der Waals surface area contributed by atoms with Crippen LogP contribution in [0, 0.1) is 23.1 Å². The number of fused-ring (bicyclic) bond motifs is 1. The summed E-state index contributed by atoms with van der Waals surface area (Å²) in [5.41, 5.74) is -0.915. The molecule has 42 heavy (non-hydrogen) atoms. The quantitative estimate of drug-likeness (QED) is 0.332. The van der Waals surface area contributed by atoms with Gasteiger partial charge in [0.25, 0.3) is 5.91 Å². The number of aromatic nitrogens is 5. The van der Waals surface area contributed by atoms with E-state index in [1.807, 2.05) is 6.07 Å². The number of carbonyl (C=O) groups excluding carboxylic acids is 2. The van der Waals surface area contributed by atoms with Crippen LogP contribution in [0.5, 0.6) is 0 Å². The highest BCUT2D eigenvalue weighted by Gasteiger charge is 2.41. The summed E-state index contributed by atoms with van der Waals surface area (Å²) in [6.07, 6.45) is 0.767. The third kappa shape index (κ3) is 5.06. The van der Waals surface area contributed by atoms with Crippen LogP contribution in [0.1, 0.15) is 48.0 Å². The van der Waals surface area contributed by atoms with Crippen molar-refractivity contribution in [3.63, 3.8) is 0 Å². The Bertz CT molecular complexity index is 1730. The molecule has 10 nitrogen and oxygen atoms in total. The number of alkyl halides is 3. The number of piperidine rings is 1. The van der Waals surface area contributed by atoms with Crippen molar-refractivity contribution in [2.24, 2.45) is 5.92 Å². The third-order valence-electron chi connectivity index (χ3n) is 7.81. The average molecular weight is 581 g/mol. The van der Waals surface area contributed by atoms with Crippen molar-refractivity contribution in [3.05, 3.63) is 65.7 Å². The normalized spacial score (nSPS) is 16.8. The van der Waals surface area contributed by atoms with E-state index in [0.717, 1.165) is 25.0 Å². The topological polar surface area (TPSA) is 121 Å². The number of carbonyl (C=O) groups is 2. The SMILES string of the molecule is N#CCC1(n2cc(-c3cccc4nc(NC(=O)C5CC5)nn34)cn2)CCN(C(=O)c2ccc(F)cc2C(F)(F)F)CC1. The van der Waals surface area contributed by atoms with Crippen LogP contribution in [0.3, 0.4) is 0 Å². The molecular weight excluding hydrogens is 556 g/mol. The Balaban J connectivity index is 1.23. The van der Waals surface area contributed by atoms with Gasteiger partial charge < -0.3 is 4.90 Å². The van der Waals surface area contributed by atoms with E-state index in [0.29, 0.717) is 23.0 Å². The molecule has 2 aliphatic rings. The first-order chi connectivity index (χ1) is 20.1. The number of nitrogens with one attached hydrogen (secondary N) is 1. The van der Waals surface area contributed by atoms with Crippen LogP contribution >= 0.6 is 0 Å². The predicted octanol–water partition coefficient (Wildman–Crippen LogP) is 4.64. The Kier molecular flexibility index (Phi) is 6.67. The summed E-state index contributed by atoms with van der Waals surface area (Å²) < 4.78 is 57.4. The lowest BCUT2D eigenvalue weighted by Crippen LogP contribution is -2.48. The Morgan fingerprint density at radius 3 is 2.60 bits per heavy atom. The van der Waals surface area contributed by atoms with Crippen LogP contribution in [-0.4, -0.2) is 54.2 Å². The lowest BCUT2D eigenvalue weighted by molar-refractivity contribution is -0.138. The van der Waals surface area contributed by atoms with Crippen molar-refractivity contribution in [3.8, 4) is 17.3 Å². The highest BCUT2D eigenvalue weighted by molar-refractivity contribution is 5.96. The summed E-state index contributed by atoms with van der Waals surface area (Å²) in [5, 5.41) is 21.3. The number of nitrogens with zero attached hydrogens (tertiary/aromatic N) is 7. The minimum absolute atomic E-state index is 0.00488. The van der Waals surface area contributed by atoms with Gasteiger partial charge in [0.2, 0.25) is 11.9 Å². The molecule has 14 heteroatoms.